The van der Waals surface area contributed by atoms with E-state index in [2.05, 4.69) is 15.0 Å². The predicted octanol–water partition coefficient (Wildman–Crippen LogP) is 2.64. The Kier molecular flexibility index (Phi) is 1.86. The molecule has 2 rings (SSSR count). The van der Waals surface area contributed by atoms with Crippen molar-refractivity contribution in [3.05, 3.63) is 40.6 Å². The third kappa shape index (κ3) is 1.45. The number of hydrogen-bond donors (Lipinski definition) is 0. The molecule has 0 radical (unpaired) electrons. The van der Waals surface area contributed by atoms with Crippen LogP contribution in [0.25, 0.3) is 21.5 Å². The van der Waals surface area contributed by atoms with Crippen molar-refractivity contribution in [3.8, 4) is 0 Å². The quantitative estimate of drug-likeness (QED) is 0.398. The van der Waals surface area contributed by atoms with Crippen molar-refractivity contribution in [2.45, 2.75) is 6.54 Å². The summed E-state index contributed by atoms with van der Waals surface area (Å²) < 4.78 is 5.06. The molecule has 0 atom stereocenters. The summed E-state index contributed by atoms with van der Waals surface area (Å²) in [4.78, 5) is 6.67. The lowest BCUT2D eigenvalue weighted by atomic mass is 10.2. The second kappa shape index (κ2) is 3.16. The minimum Gasteiger partial charge on any atom is -0.443 e. The maximum absolute atomic E-state index is 8.13. The number of azide groups is 1. The molecule has 5 nitrogen and oxygen atoms in total. The maximum atomic E-state index is 8.13. The third-order valence-corrected chi connectivity index (χ3v) is 1.71. The summed E-state index contributed by atoms with van der Waals surface area (Å²) in [7, 11) is 0. The molecule has 1 aromatic carbocycles. The number of nitrogens with zero attached hydrogens (tertiary/aromatic N) is 4. The largest absolute Gasteiger partial charge is 0.443 e. The van der Waals surface area contributed by atoms with E-state index in [9.17, 15) is 0 Å². The molecular weight excluding hydrogens is 168 g/mol. The van der Waals surface area contributed by atoms with Crippen molar-refractivity contribution in [2.75, 3.05) is 0 Å². The molecular formula is C8H6N4O. The molecule has 13 heavy (non-hydrogen) atoms. The Bertz CT molecular complexity index is 470. The first-order chi connectivity index (χ1) is 6.40. The molecule has 0 N–H and O–H groups in total. The lowest BCUT2D eigenvalue weighted by molar-refractivity contribution is 0.602. The van der Waals surface area contributed by atoms with Crippen molar-refractivity contribution < 1.29 is 4.42 Å². The zero-order chi connectivity index (χ0) is 9.10. The van der Waals surface area contributed by atoms with E-state index in [1.165, 1.54) is 6.39 Å². The lowest BCUT2D eigenvalue weighted by Gasteiger charge is -1.92. The molecule has 0 spiro atoms. The van der Waals surface area contributed by atoms with Crippen LogP contribution in [0.4, 0.5) is 0 Å². The van der Waals surface area contributed by atoms with Gasteiger partial charge in [0.1, 0.15) is 5.52 Å². The topological polar surface area (TPSA) is 74.8 Å². The molecule has 0 saturated carbocycles. The van der Waals surface area contributed by atoms with Crippen molar-refractivity contribution in [1.82, 2.24) is 4.98 Å². The van der Waals surface area contributed by atoms with Gasteiger partial charge in [0.25, 0.3) is 0 Å². The molecule has 0 amide bonds. The third-order valence-electron chi connectivity index (χ3n) is 1.71. The summed E-state index contributed by atoms with van der Waals surface area (Å²) in [6.07, 6.45) is 1.39. The average molecular weight is 174 g/mol. The number of aromatic nitrogens is 1. The van der Waals surface area contributed by atoms with Crippen LogP contribution in [0.15, 0.2) is 34.1 Å². The molecule has 0 bridgehead atoms. The summed E-state index contributed by atoms with van der Waals surface area (Å²) in [5, 5.41) is 3.46. The van der Waals surface area contributed by atoms with Crippen LogP contribution in [0.1, 0.15) is 5.56 Å². The maximum Gasteiger partial charge on any atom is 0.181 e. The molecule has 0 fully saturated rings. The van der Waals surface area contributed by atoms with Gasteiger partial charge in [-0.15, -0.1) is 0 Å². The van der Waals surface area contributed by atoms with Gasteiger partial charge < -0.3 is 4.42 Å². The minimum atomic E-state index is 0.347. The van der Waals surface area contributed by atoms with E-state index in [4.69, 9.17) is 9.95 Å². The zero-order valence-corrected chi connectivity index (χ0v) is 6.71. The van der Waals surface area contributed by atoms with Gasteiger partial charge in [0.05, 0.1) is 6.54 Å². The molecule has 1 aromatic heterocycles. The molecule has 0 aliphatic carbocycles. The highest BCUT2D eigenvalue weighted by Crippen LogP contribution is 2.14. The first kappa shape index (κ1) is 7.64. The Morgan fingerprint density at radius 3 is 3.31 bits per heavy atom. The molecule has 0 saturated heterocycles. The van der Waals surface area contributed by atoms with Crippen LogP contribution in [0.2, 0.25) is 0 Å². The highest BCUT2D eigenvalue weighted by atomic mass is 16.3. The number of fused-ring (bicyclic) bond motifs is 1. The molecule has 0 aliphatic heterocycles. The number of hydrogen-bond acceptors (Lipinski definition) is 3. The van der Waals surface area contributed by atoms with Crippen molar-refractivity contribution in [2.24, 2.45) is 5.11 Å². The summed E-state index contributed by atoms with van der Waals surface area (Å²) in [6.45, 7) is 0.347. The van der Waals surface area contributed by atoms with Crippen molar-refractivity contribution >= 4 is 11.1 Å². The second-order valence-electron chi connectivity index (χ2n) is 2.54. The number of oxazole rings is 1. The number of rotatable bonds is 2. The Hall–Kier alpha value is -2.00. The van der Waals surface area contributed by atoms with E-state index in [0.29, 0.717) is 6.54 Å². The van der Waals surface area contributed by atoms with Crippen molar-refractivity contribution in [1.29, 1.82) is 0 Å². The van der Waals surface area contributed by atoms with Gasteiger partial charge in [0.15, 0.2) is 12.0 Å². The van der Waals surface area contributed by atoms with Gasteiger partial charge in [0, 0.05) is 4.91 Å². The van der Waals surface area contributed by atoms with Crippen LogP contribution in [-0.4, -0.2) is 4.98 Å². The van der Waals surface area contributed by atoms with Crippen LogP contribution >= 0.6 is 0 Å². The average Bonchev–Trinajstić information content (AvgIpc) is 2.61. The summed E-state index contributed by atoms with van der Waals surface area (Å²) >= 11 is 0. The van der Waals surface area contributed by atoms with E-state index in [-0.39, 0.29) is 0 Å². The first-order valence-corrected chi connectivity index (χ1v) is 3.73. The smallest absolute Gasteiger partial charge is 0.181 e. The van der Waals surface area contributed by atoms with E-state index in [0.717, 1.165) is 16.7 Å². The fourth-order valence-corrected chi connectivity index (χ4v) is 1.12. The highest BCUT2D eigenvalue weighted by Gasteiger charge is 1.98. The van der Waals surface area contributed by atoms with Crippen LogP contribution in [0.3, 0.4) is 0 Å². The Balaban J connectivity index is 2.42. The summed E-state index contributed by atoms with van der Waals surface area (Å²) in [5.41, 5.74) is 10.6. The van der Waals surface area contributed by atoms with Gasteiger partial charge in [0.2, 0.25) is 0 Å². The van der Waals surface area contributed by atoms with Crippen LogP contribution in [0, 0.1) is 0 Å². The Morgan fingerprint density at radius 1 is 1.54 bits per heavy atom. The van der Waals surface area contributed by atoms with E-state index in [1.54, 1.807) is 0 Å². The molecule has 1 heterocycles. The van der Waals surface area contributed by atoms with E-state index in [1.807, 2.05) is 18.2 Å². The van der Waals surface area contributed by atoms with E-state index >= 15 is 0 Å². The van der Waals surface area contributed by atoms with Gasteiger partial charge in [-0.2, -0.15) is 0 Å². The Labute approximate surface area is 73.6 Å². The zero-order valence-electron chi connectivity index (χ0n) is 6.71. The number of benzene rings is 1. The summed E-state index contributed by atoms with van der Waals surface area (Å²) in [5.74, 6) is 0. The van der Waals surface area contributed by atoms with Crippen LogP contribution < -0.4 is 0 Å². The standard InChI is InChI=1S/C8H6N4O/c9-12-11-4-6-1-2-8-7(3-6)10-5-13-8/h1-3,5H,4H2. The molecule has 0 aliphatic rings. The van der Waals surface area contributed by atoms with Gasteiger partial charge in [-0.05, 0) is 23.2 Å². The second-order valence-corrected chi connectivity index (χ2v) is 2.54. The normalized spacial score (nSPS) is 9.85. The van der Waals surface area contributed by atoms with E-state index < -0.39 is 0 Å². The first-order valence-electron chi connectivity index (χ1n) is 3.73. The fraction of sp³-hybridized carbons (Fsp3) is 0.125. The summed E-state index contributed by atoms with van der Waals surface area (Å²) in [6, 6.07) is 5.50. The fourth-order valence-electron chi connectivity index (χ4n) is 1.12. The predicted molar refractivity (Wildman–Crippen MR) is 46.9 cm³/mol. The van der Waals surface area contributed by atoms with Crippen LogP contribution in [-0.2, 0) is 6.54 Å². The molecule has 0 unspecified atom stereocenters. The Morgan fingerprint density at radius 2 is 2.46 bits per heavy atom. The van der Waals surface area contributed by atoms with Gasteiger partial charge >= 0.3 is 0 Å². The van der Waals surface area contributed by atoms with Gasteiger partial charge in [-0.1, -0.05) is 11.2 Å². The molecule has 64 valence electrons. The van der Waals surface area contributed by atoms with Gasteiger partial charge in [-0.25, -0.2) is 4.98 Å². The van der Waals surface area contributed by atoms with Crippen molar-refractivity contribution in [3.63, 3.8) is 0 Å². The molecule has 5 heteroatoms. The lowest BCUT2D eigenvalue weighted by Crippen LogP contribution is -1.79. The molecule has 2 aromatic rings. The van der Waals surface area contributed by atoms with Crippen LogP contribution in [0.5, 0.6) is 0 Å². The monoisotopic (exact) mass is 174 g/mol. The SMILES string of the molecule is [N-]=[N+]=NCc1ccc2ocnc2c1. The van der Waals surface area contributed by atoms with Gasteiger partial charge in [-0.3, -0.25) is 0 Å². The highest BCUT2D eigenvalue weighted by molar-refractivity contribution is 5.72. The minimum absolute atomic E-state index is 0.347.